The van der Waals surface area contributed by atoms with Gasteiger partial charge in [-0.3, -0.25) is 14.9 Å². The van der Waals surface area contributed by atoms with Crippen LogP contribution in [0.1, 0.15) is 20.3 Å². The molecule has 3 N–H and O–H groups in total. The quantitative estimate of drug-likeness (QED) is 0.521. The number of rotatable bonds is 2. The van der Waals surface area contributed by atoms with Crippen LogP contribution in [0.25, 0.3) is 0 Å². The van der Waals surface area contributed by atoms with E-state index in [0.717, 1.165) is 6.08 Å². The molecule has 1 aliphatic carbocycles. The molecule has 0 saturated heterocycles. The first-order valence-corrected chi connectivity index (χ1v) is 4.34. The molecule has 0 aliphatic heterocycles. The first kappa shape index (κ1) is 11.2. The maximum atomic E-state index is 11.0. The summed E-state index contributed by atoms with van der Waals surface area (Å²) in [5.41, 5.74) is 4.66. The topological polar surface area (TPSA) is 106 Å². The predicted octanol–water partition coefficient (Wildman–Crippen LogP) is 0.874. The molecule has 0 amide bonds. The average Bonchev–Trinajstić information content (AvgIpc) is 2.10. The summed E-state index contributed by atoms with van der Waals surface area (Å²) in [6.07, 6.45) is 1.20. The summed E-state index contributed by atoms with van der Waals surface area (Å²) in [6, 6.07) is 0. The van der Waals surface area contributed by atoms with E-state index in [2.05, 4.69) is 0 Å². The molecule has 0 saturated carbocycles. The van der Waals surface area contributed by atoms with E-state index < -0.39 is 16.3 Å². The van der Waals surface area contributed by atoms with Crippen molar-refractivity contribution in [3.05, 3.63) is 33.2 Å². The highest BCUT2D eigenvalue weighted by molar-refractivity contribution is 5.79. The summed E-state index contributed by atoms with van der Waals surface area (Å²) in [6.45, 7) is 3.00. The number of nitro groups is 1. The lowest BCUT2D eigenvalue weighted by Gasteiger charge is -2.28. The van der Waals surface area contributed by atoms with Gasteiger partial charge in [0.05, 0.1) is 4.92 Å². The molecule has 15 heavy (non-hydrogen) atoms. The van der Waals surface area contributed by atoms with Crippen molar-refractivity contribution < 1.29 is 14.8 Å². The van der Waals surface area contributed by atoms with Gasteiger partial charge in [-0.05, 0) is 20.3 Å². The number of hydrogen-bond donors (Lipinski definition) is 2. The monoisotopic (exact) mass is 212 g/mol. The van der Waals surface area contributed by atoms with Crippen molar-refractivity contribution in [3.63, 3.8) is 0 Å². The van der Waals surface area contributed by atoms with Crippen LogP contribution in [-0.4, -0.2) is 16.0 Å². The molecule has 0 radical (unpaired) electrons. The van der Waals surface area contributed by atoms with Crippen molar-refractivity contribution in [2.75, 3.05) is 0 Å². The Labute approximate surface area is 86.2 Å². The molecule has 1 rings (SSSR count). The smallest absolute Gasteiger partial charge is 0.315 e. The van der Waals surface area contributed by atoms with Crippen LogP contribution in [0.15, 0.2) is 23.0 Å². The van der Waals surface area contributed by atoms with E-state index in [1.165, 1.54) is 6.92 Å². The van der Waals surface area contributed by atoms with E-state index in [9.17, 15) is 14.9 Å². The third-order valence-corrected chi connectivity index (χ3v) is 2.65. The Bertz CT molecular complexity index is 397. The van der Waals surface area contributed by atoms with E-state index in [4.69, 9.17) is 10.8 Å². The first-order chi connectivity index (χ1) is 6.79. The van der Waals surface area contributed by atoms with Crippen LogP contribution in [0.5, 0.6) is 0 Å². The molecule has 0 aromatic heterocycles. The van der Waals surface area contributed by atoms with E-state index >= 15 is 0 Å². The van der Waals surface area contributed by atoms with Crippen LogP contribution in [0.4, 0.5) is 0 Å². The Hall–Kier alpha value is -1.85. The molecular formula is C9H12N2O4. The highest BCUT2D eigenvalue weighted by Gasteiger charge is 2.41. The Balaban J connectivity index is 3.21. The molecule has 0 aromatic rings. The Morgan fingerprint density at radius 1 is 1.73 bits per heavy atom. The lowest BCUT2D eigenvalue weighted by Crippen LogP contribution is -2.36. The highest BCUT2D eigenvalue weighted by Crippen LogP contribution is 2.37. The number of nitrogens with zero attached hydrogens (tertiary/aromatic N) is 1. The van der Waals surface area contributed by atoms with Gasteiger partial charge in [0.1, 0.15) is 5.41 Å². The van der Waals surface area contributed by atoms with Crippen LogP contribution in [0, 0.1) is 15.5 Å². The zero-order chi connectivity index (χ0) is 11.8. The number of carboxylic acid groups (broad SMARTS) is 1. The number of carboxylic acids is 1. The largest absolute Gasteiger partial charge is 0.481 e. The fourth-order valence-corrected chi connectivity index (χ4v) is 1.56. The van der Waals surface area contributed by atoms with Crippen LogP contribution in [0.2, 0.25) is 0 Å². The fraction of sp³-hybridized carbons (Fsp3) is 0.444. The van der Waals surface area contributed by atoms with E-state index in [1.54, 1.807) is 6.92 Å². The maximum absolute atomic E-state index is 11.0. The van der Waals surface area contributed by atoms with Crippen LogP contribution < -0.4 is 5.73 Å². The van der Waals surface area contributed by atoms with Gasteiger partial charge < -0.3 is 10.8 Å². The Morgan fingerprint density at radius 3 is 2.67 bits per heavy atom. The standard InChI is InChI=1S/C9H12N2O4/c1-5-4-9(2,8(12)13)7(10)3-6(5)11(14)15/h3H,4,10H2,1-2H3,(H,12,13). The Kier molecular flexibility index (Phi) is 2.53. The molecule has 0 spiro atoms. The predicted molar refractivity (Wildman–Crippen MR) is 52.3 cm³/mol. The van der Waals surface area contributed by atoms with E-state index in [1.807, 2.05) is 0 Å². The summed E-state index contributed by atoms with van der Waals surface area (Å²) in [5, 5.41) is 19.6. The first-order valence-electron chi connectivity index (χ1n) is 4.34. The SMILES string of the molecule is CC1=C([N+](=O)[O-])C=C(N)C(C)(C(=O)O)C1. The molecule has 0 heterocycles. The molecule has 6 nitrogen and oxygen atoms in total. The molecule has 1 unspecified atom stereocenters. The second kappa shape index (κ2) is 3.38. The van der Waals surface area contributed by atoms with Crippen LogP contribution >= 0.6 is 0 Å². The van der Waals surface area contributed by atoms with Gasteiger partial charge in [-0.1, -0.05) is 0 Å². The van der Waals surface area contributed by atoms with E-state index in [0.29, 0.717) is 5.57 Å². The van der Waals surface area contributed by atoms with Crippen molar-refractivity contribution in [1.82, 2.24) is 0 Å². The molecule has 1 aliphatic rings. The normalized spacial score (nSPS) is 26.1. The van der Waals surface area contributed by atoms with Crippen molar-refractivity contribution >= 4 is 5.97 Å². The lowest BCUT2D eigenvalue weighted by molar-refractivity contribution is -0.420. The summed E-state index contributed by atoms with van der Waals surface area (Å²) in [5.74, 6) is -1.07. The fourth-order valence-electron chi connectivity index (χ4n) is 1.56. The van der Waals surface area contributed by atoms with Gasteiger partial charge in [0.25, 0.3) is 5.70 Å². The second-order valence-electron chi connectivity index (χ2n) is 3.84. The van der Waals surface area contributed by atoms with Crippen molar-refractivity contribution in [2.45, 2.75) is 20.3 Å². The zero-order valence-corrected chi connectivity index (χ0v) is 8.48. The van der Waals surface area contributed by atoms with Crippen LogP contribution in [0.3, 0.4) is 0 Å². The molecule has 0 fully saturated rings. The summed E-state index contributed by atoms with van der Waals surface area (Å²) in [7, 11) is 0. The zero-order valence-electron chi connectivity index (χ0n) is 8.48. The summed E-state index contributed by atoms with van der Waals surface area (Å²) in [4.78, 5) is 21.0. The van der Waals surface area contributed by atoms with Gasteiger partial charge in [0.2, 0.25) is 0 Å². The third-order valence-electron chi connectivity index (χ3n) is 2.65. The summed E-state index contributed by atoms with van der Waals surface area (Å²) >= 11 is 0. The van der Waals surface area contributed by atoms with E-state index in [-0.39, 0.29) is 17.8 Å². The second-order valence-corrected chi connectivity index (χ2v) is 3.84. The molecule has 6 heteroatoms. The summed E-state index contributed by atoms with van der Waals surface area (Å²) < 4.78 is 0. The lowest BCUT2D eigenvalue weighted by atomic mass is 9.77. The molecule has 82 valence electrons. The average molecular weight is 212 g/mol. The minimum atomic E-state index is -1.23. The number of carbonyl (C=O) groups is 1. The van der Waals surface area contributed by atoms with Gasteiger partial charge >= 0.3 is 5.97 Å². The van der Waals surface area contributed by atoms with Gasteiger partial charge in [0.15, 0.2) is 0 Å². The number of nitrogens with two attached hydrogens (primary N) is 1. The molecular weight excluding hydrogens is 200 g/mol. The Morgan fingerprint density at radius 2 is 2.27 bits per heavy atom. The van der Waals surface area contributed by atoms with Gasteiger partial charge in [0, 0.05) is 17.3 Å². The maximum Gasteiger partial charge on any atom is 0.315 e. The van der Waals surface area contributed by atoms with Gasteiger partial charge in [-0.15, -0.1) is 0 Å². The number of aliphatic carboxylic acids is 1. The van der Waals surface area contributed by atoms with Crippen LogP contribution in [-0.2, 0) is 4.79 Å². The molecule has 1 atom stereocenters. The number of allylic oxidation sites excluding steroid dienone is 2. The number of hydrogen-bond acceptors (Lipinski definition) is 4. The molecule has 0 bridgehead atoms. The van der Waals surface area contributed by atoms with Gasteiger partial charge in [-0.2, -0.15) is 0 Å². The van der Waals surface area contributed by atoms with Crippen molar-refractivity contribution in [3.8, 4) is 0 Å². The van der Waals surface area contributed by atoms with Gasteiger partial charge in [-0.25, -0.2) is 0 Å². The minimum Gasteiger partial charge on any atom is -0.481 e. The van der Waals surface area contributed by atoms with Crippen molar-refractivity contribution in [2.24, 2.45) is 11.1 Å². The molecule has 0 aromatic carbocycles. The third kappa shape index (κ3) is 1.70. The minimum absolute atomic E-state index is 0.0206. The highest BCUT2D eigenvalue weighted by atomic mass is 16.6. The van der Waals surface area contributed by atoms with Crippen molar-refractivity contribution in [1.29, 1.82) is 0 Å².